The van der Waals surface area contributed by atoms with Gasteiger partial charge in [-0.3, -0.25) is 14.6 Å². The molecule has 2 aromatic rings. The van der Waals surface area contributed by atoms with Gasteiger partial charge >= 0.3 is 0 Å². The minimum Gasteiger partial charge on any atom is -0.353 e. The minimum atomic E-state index is -0.0680. The second kappa shape index (κ2) is 12.8. The van der Waals surface area contributed by atoms with E-state index in [0.717, 1.165) is 56.3 Å². The van der Waals surface area contributed by atoms with Crippen LogP contribution in [0.5, 0.6) is 0 Å². The Kier molecular flexibility index (Phi) is 10.1. The number of pyridine rings is 1. The van der Waals surface area contributed by atoms with E-state index in [0.29, 0.717) is 12.5 Å². The number of carbonyl (C=O) groups excluding carboxylic acids is 2. The molecule has 0 aliphatic carbocycles. The summed E-state index contributed by atoms with van der Waals surface area (Å²) in [4.78, 5) is 30.3. The molecular weight excluding hydrogens is 398 g/mol. The van der Waals surface area contributed by atoms with Crippen molar-refractivity contribution >= 4 is 30.3 Å². The average molecular weight is 428 g/mol. The zero-order chi connectivity index (χ0) is 20.3. The number of aromatic nitrogens is 1. The highest BCUT2D eigenvalue weighted by molar-refractivity contribution is 5.94. The summed E-state index contributed by atoms with van der Waals surface area (Å²) >= 11 is 0. The molecule has 0 spiro atoms. The number of hydrogen-bond donors (Lipinski definition) is 1. The van der Waals surface area contributed by atoms with Crippen molar-refractivity contribution in [1.82, 2.24) is 15.2 Å². The third-order valence-corrected chi connectivity index (χ3v) is 5.37. The molecule has 6 heteroatoms. The number of nitrogens with zero attached hydrogens (tertiary/aromatic N) is 2. The van der Waals surface area contributed by atoms with Crippen molar-refractivity contribution in [2.45, 2.75) is 32.1 Å². The molecule has 5 nitrogen and oxygen atoms in total. The van der Waals surface area contributed by atoms with E-state index in [1.54, 1.807) is 24.5 Å². The molecule has 0 bridgehead atoms. The van der Waals surface area contributed by atoms with Crippen LogP contribution >= 0.6 is 12.4 Å². The molecule has 0 saturated carbocycles. The Morgan fingerprint density at radius 1 is 1.07 bits per heavy atom. The Morgan fingerprint density at radius 3 is 2.53 bits per heavy atom. The Labute approximate surface area is 185 Å². The number of likely N-dealkylation sites (tertiary alicyclic amines) is 1. The lowest BCUT2D eigenvalue weighted by atomic mass is 9.91. The zero-order valence-electron chi connectivity index (χ0n) is 17.2. The fourth-order valence-electron chi connectivity index (χ4n) is 3.66. The van der Waals surface area contributed by atoms with Crippen LogP contribution in [0.3, 0.4) is 0 Å². The number of benzene rings is 1. The summed E-state index contributed by atoms with van der Waals surface area (Å²) in [6.07, 6.45) is 12.1. The van der Waals surface area contributed by atoms with E-state index in [-0.39, 0.29) is 24.2 Å². The van der Waals surface area contributed by atoms with Gasteiger partial charge in [0, 0.05) is 43.7 Å². The van der Waals surface area contributed by atoms with E-state index in [4.69, 9.17) is 0 Å². The zero-order valence-corrected chi connectivity index (χ0v) is 18.0. The molecule has 1 N–H and O–H groups in total. The number of carbonyl (C=O) groups is 2. The van der Waals surface area contributed by atoms with Crippen LogP contribution in [-0.4, -0.2) is 41.3 Å². The number of hydrogen-bond acceptors (Lipinski definition) is 3. The van der Waals surface area contributed by atoms with Crippen molar-refractivity contribution in [3.8, 4) is 0 Å². The number of nitrogens with one attached hydrogen (secondary N) is 1. The standard InChI is InChI=1S/C24H29N3O2.ClH/c28-23(12-11-21-8-6-15-25-19-21)26-16-5-4-7-20-13-17-27(18-14-20)24(29)22-9-2-1-3-10-22;/h1-3,6,8-12,15,19-20H,4-5,7,13-14,16-18H2,(H,26,28);1H. The molecular formula is C24H30ClN3O2. The van der Waals surface area contributed by atoms with Gasteiger partial charge in [0.1, 0.15) is 0 Å². The fourth-order valence-corrected chi connectivity index (χ4v) is 3.66. The van der Waals surface area contributed by atoms with Crippen molar-refractivity contribution in [2.24, 2.45) is 5.92 Å². The van der Waals surface area contributed by atoms with E-state index in [9.17, 15) is 9.59 Å². The molecule has 3 rings (SSSR count). The molecule has 1 aromatic heterocycles. The molecule has 2 heterocycles. The number of piperidine rings is 1. The number of unbranched alkanes of at least 4 members (excludes halogenated alkanes) is 1. The number of amides is 2. The van der Waals surface area contributed by atoms with Gasteiger partial charge in [-0.25, -0.2) is 0 Å². The maximum Gasteiger partial charge on any atom is 0.253 e. The monoisotopic (exact) mass is 427 g/mol. The summed E-state index contributed by atoms with van der Waals surface area (Å²) in [6.45, 7) is 2.38. The van der Waals surface area contributed by atoms with E-state index < -0.39 is 0 Å². The van der Waals surface area contributed by atoms with Gasteiger partial charge in [-0.1, -0.05) is 37.1 Å². The number of rotatable bonds is 8. The van der Waals surface area contributed by atoms with Crippen LogP contribution in [0.25, 0.3) is 6.08 Å². The molecule has 0 atom stereocenters. The Hall–Kier alpha value is -2.66. The quantitative estimate of drug-likeness (QED) is 0.503. The maximum absolute atomic E-state index is 12.5. The second-order valence-corrected chi connectivity index (χ2v) is 7.51. The van der Waals surface area contributed by atoms with Gasteiger partial charge in [0.2, 0.25) is 5.91 Å². The van der Waals surface area contributed by atoms with Crippen molar-refractivity contribution in [1.29, 1.82) is 0 Å². The maximum atomic E-state index is 12.5. The fraction of sp³-hybridized carbons (Fsp3) is 0.375. The van der Waals surface area contributed by atoms with E-state index in [1.165, 1.54) is 0 Å². The Balaban J connectivity index is 0.00000320. The molecule has 2 amide bonds. The third-order valence-electron chi connectivity index (χ3n) is 5.37. The topological polar surface area (TPSA) is 62.3 Å². The first kappa shape index (κ1) is 23.6. The average Bonchev–Trinajstić information content (AvgIpc) is 2.79. The smallest absolute Gasteiger partial charge is 0.253 e. The lowest BCUT2D eigenvalue weighted by Gasteiger charge is -2.32. The van der Waals surface area contributed by atoms with Crippen molar-refractivity contribution in [2.75, 3.05) is 19.6 Å². The molecule has 0 radical (unpaired) electrons. The van der Waals surface area contributed by atoms with Crippen LogP contribution in [0.4, 0.5) is 0 Å². The molecule has 0 unspecified atom stereocenters. The lowest BCUT2D eigenvalue weighted by Crippen LogP contribution is -2.38. The molecule has 1 aliphatic heterocycles. The van der Waals surface area contributed by atoms with Crippen molar-refractivity contribution in [3.63, 3.8) is 0 Å². The first-order valence-electron chi connectivity index (χ1n) is 10.4. The molecule has 160 valence electrons. The first-order chi connectivity index (χ1) is 14.2. The SMILES string of the molecule is Cl.O=C(C=Cc1cccnc1)NCCCCC1CCN(C(=O)c2ccccc2)CC1. The van der Waals surface area contributed by atoms with Gasteiger partial charge in [0.15, 0.2) is 0 Å². The Bertz CT molecular complexity index is 804. The van der Waals surface area contributed by atoms with Crippen molar-refractivity contribution < 1.29 is 9.59 Å². The van der Waals surface area contributed by atoms with Crippen LogP contribution < -0.4 is 5.32 Å². The highest BCUT2D eigenvalue weighted by Crippen LogP contribution is 2.23. The molecule has 1 aromatic carbocycles. The van der Waals surface area contributed by atoms with E-state index in [1.807, 2.05) is 47.4 Å². The van der Waals surface area contributed by atoms with Crippen LogP contribution in [-0.2, 0) is 4.79 Å². The van der Waals surface area contributed by atoms with Gasteiger partial charge in [0.05, 0.1) is 0 Å². The molecule has 1 aliphatic rings. The first-order valence-corrected chi connectivity index (χ1v) is 10.4. The predicted octanol–water partition coefficient (Wildman–Crippen LogP) is 4.36. The van der Waals surface area contributed by atoms with Crippen LogP contribution in [0.1, 0.15) is 48.0 Å². The highest BCUT2D eigenvalue weighted by Gasteiger charge is 2.23. The minimum absolute atomic E-state index is 0. The highest BCUT2D eigenvalue weighted by atomic mass is 35.5. The van der Waals surface area contributed by atoms with Gasteiger partial charge in [-0.05, 0) is 55.0 Å². The summed E-state index contributed by atoms with van der Waals surface area (Å²) in [7, 11) is 0. The van der Waals surface area contributed by atoms with Crippen LogP contribution in [0.2, 0.25) is 0 Å². The van der Waals surface area contributed by atoms with Crippen molar-refractivity contribution in [3.05, 3.63) is 72.1 Å². The lowest BCUT2D eigenvalue weighted by molar-refractivity contribution is -0.116. The van der Waals surface area contributed by atoms with Gasteiger partial charge < -0.3 is 10.2 Å². The summed E-state index contributed by atoms with van der Waals surface area (Å²) < 4.78 is 0. The van der Waals surface area contributed by atoms with E-state index >= 15 is 0 Å². The Morgan fingerprint density at radius 2 is 1.83 bits per heavy atom. The van der Waals surface area contributed by atoms with E-state index in [2.05, 4.69) is 10.3 Å². The summed E-state index contributed by atoms with van der Waals surface area (Å²) in [6, 6.07) is 13.3. The largest absolute Gasteiger partial charge is 0.353 e. The summed E-state index contributed by atoms with van der Waals surface area (Å²) in [5.41, 5.74) is 1.69. The second-order valence-electron chi connectivity index (χ2n) is 7.51. The molecule has 30 heavy (non-hydrogen) atoms. The van der Waals surface area contributed by atoms with Gasteiger partial charge in [0.25, 0.3) is 5.91 Å². The third kappa shape index (κ3) is 7.64. The number of halogens is 1. The summed E-state index contributed by atoms with van der Waals surface area (Å²) in [5, 5.41) is 2.93. The predicted molar refractivity (Wildman–Crippen MR) is 122 cm³/mol. The molecule has 1 saturated heterocycles. The van der Waals surface area contributed by atoms with Crippen LogP contribution in [0.15, 0.2) is 60.9 Å². The summed E-state index contributed by atoms with van der Waals surface area (Å²) in [5.74, 6) is 0.753. The normalized spacial score (nSPS) is 14.3. The van der Waals surface area contributed by atoms with Gasteiger partial charge in [-0.2, -0.15) is 0 Å². The van der Waals surface area contributed by atoms with Gasteiger partial charge in [-0.15, -0.1) is 12.4 Å². The van der Waals surface area contributed by atoms with Crippen LogP contribution in [0, 0.1) is 5.92 Å². The molecule has 1 fully saturated rings.